The molecule has 2 aromatic rings. The molecule has 0 aliphatic heterocycles. The second kappa shape index (κ2) is 7.18. The van der Waals surface area contributed by atoms with Crippen LogP contribution in [-0.4, -0.2) is 18.6 Å². The Morgan fingerprint density at radius 1 is 1.33 bits per heavy atom. The number of nitrogens with one attached hydrogen (secondary N) is 1. The molecule has 0 bridgehead atoms. The highest BCUT2D eigenvalue weighted by atomic mass is 19.1. The molecule has 0 fully saturated rings. The maximum absolute atomic E-state index is 13.5. The average Bonchev–Trinajstić information content (AvgIpc) is 2.50. The molecule has 0 amide bonds. The summed E-state index contributed by atoms with van der Waals surface area (Å²) in [6.45, 7) is 4.88. The molecule has 21 heavy (non-hydrogen) atoms. The summed E-state index contributed by atoms with van der Waals surface area (Å²) in [5.74, 6) is 0.546. The normalized spacial score (nSPS) is 12.2. The lowest BCUT2D eigenvalue weighted by atomic mass is 9.96. The quantitative estimate of drug-likeness (QED) is 0.884. The highest BCUT2D eigenvalue weighted by molar-refractivity contribution is 5.36. The summed E-state index contributed by atoms with van der Waals surface area (Å²) in [6.07, 6.45) is 4.16. The van der Waals surface area contributed by atoms with Crippen LogP contribution in [0.5, 0.6) is 5.75 Å². The van der Waals surface area contributed by atoms with Gasteiger partial charge in [0.05, 0.1) is 13.3 Å². The summed E-state index contributed by atoms with van der Waals surface area (Å²) in [6, 6.07) is 6.92. The molecule has 112 valence electrons. The third-order valence-corrected chi connectivity index (χ3v) is 3.60. The van der Waals surface area contributed by atoms with Crippen LogP contribution in [0.3, 0.4) is 0 Å². The lowest BCUT2D eigenvalue weighted by molar-refractivity contribution is 0.397. The minimum absolute atomic E-state index is 0.0634. The number of pyridine rings is 1. The molecule has 1 heterocycles. The number of methoxy groups -OCH3 is 1. The molecule has 0 spiro atoms. The fourth-order valence-electron chi connectivity index (χ4n) is 2.47. The van der Waals surface area contributed by atoms with Crippen LogP contribution in [0.4, 0.5) is 4.39 Å². The molecule has 3 nitrogen and oxygen atoms in total. The number of rotatable bonds is 6. The van der Waals surface area contributed by atoms with Crippen LogP contribution in [0, 0.1) is 12.7 Å². The fraction of sp³-hybridized carbons (Fsp3) is 0.353. The monoisotopic (exact) mass is 288 g/mol. The minimum Gasteiger partial charge on any atom is -0.495 e. The SMILES string of the molecule is CCNC(Cc1cc(F)ccc1C)c1ccncc1OC. The van der Waals surface area contributed by atoms with Crippen molar-refractivity contribution in [1.29, 1.82) is 0 Å². The van der Waals surface area contributed by atoms with Gasteiger partial charge in [-0.25, -0.2) is 4.39 Å². The summed E-state index contributed by atoms with van der Waals surface area (Å²) in [5, 5.41) is 3.44. The molecule has 1 atom stereocenters. The highest BCUT2D eigenvalue weighted by Crippen LogP contribution is 2.27. The molecule has 0 saturated carbocycles. The third kappa shape index (κ3) is 3.79. The number of halogens is 1. The number of hydrogen-bond donors (Lipinski definition) is 1. The average molecular weight is 288 g/mol. The summed E-state index contributed by atoms with van der Waals surface area (Å²) in [7, 11) is 1.64. The highest BCUT2D eigenvalue weighted by Gasteiger charge is 2.17. The van der Waals surface area contributed by atoms with Crippen molar-refractivity contribution in [2.45, 2.75) is 26.3 Å². The Morgan fingerprint density at radius 2 is 2.14 bits per heavy atom. The molecule has 0 radical (unpaired) electrons. The zero-order valence-corrected chi connectivity index (χ0v) is 12.7. The van der Waals surface area contributed by atoms with Gasteiger partial charge in [0.1, 0.15) is 11.6 Å². The molecular formula is C17H21FN2O. The van der Waals surface area contributed by atoms with Crippen LogP contribution >= 0.6 is 0 Å². The van der Waals surface area contributed by atoms with Crippen LogP contribution < -0.4 is 10.1 Å². The summed E-state index contributed by atoms with van der Waals surface area (Å²) >= 11 is 0. The Morgan fingerprint density at radius 3 is 2.86 bits per heavy atom. The van der Waals surface area contributed by atoms with Crippen LogP contribution in [0.2, 0.25) is 0 Å². The van der Waals surface area contributed by atoms with Gasteiger partial charge in [-0.2, -0.15) is 0 Å². The molecule has 1 N–H and O–H groups in total. The molecule has 4 heteroatoms. The first kappa shape index (κ1) is 15.4. The summed E-state index contributed by atoms with van der Waals surface area (Å²) in [5.41, 5.74) is 3.13. The van der Waals surface area contributed by atoms with Crippen molar-refractivity contribution in [2.24, 2.45) is 0 Å². The van der Waals surface area contributed by atoms with Gasteiger partial charge in [-0.1, -0.05) is 13.0 Å². The van der Waals surface area contributed by atoms with E-state index >= 15 is 0 Å². The molecule has 1 aromatic carbocycles. The molecule has 0 aliphatic carbocycles. The Hall–Kier alpha value is -1.94. The Labute approximate surface area is 125 Å². The number of aryl methyl sites for hydroxylation is 1. The standard InChI is InChI=1S/C17H21FN2O/c1-4-20-16(15-7-8-19-11-17(15)21-3)10-13-9-14(18)6-5-12(13)2/h5-9,11,16,20H,4,10H2,1-3H3. The van der Waals surface area contributed by atoms with E-state index in [0.717, 1.165) is 29.0 Å². The second-order valence-electron chi connectivity index (χ2n) is 5.00. The smallest absolute Gasteiger partial charge is 0.141 e. The largest absolute Gasteiger partial charge is 0.495 e. The molecule has 1 unspecified atom stereocenters. The van der Waals surface area contributed by atoms with E-state index in [4.69, 9.17) is 4.74 Å². The van der Waals surface area contributed by atoms with Crippen molar-refractivity contribution in [3.63, 3.8) is 0 Å². The summed E-state index contributed by atoms with van der Waals surface area (Å²) in [4.78, 5) is 4.08. The van der Waals surface area contributed by atoms with E-state index in [1.807, 2.05) is 19.1 Å². The zero-order valence-electron chi connectivity index (χ0n) is 12.7. The lowest BCUT2D eigenvalue weighted by Gasteiger charge is -2.21. The lowest BCUT2D eigenvalue weighted by Crippen LogP contribution is -2.24. The first-order chi connectivity index (χ1) is 10.2. The van der Waals surface area contributed by atoms with Crippen LogP contribution in [-0.2, 0) is 6.42 Å². The minimum atomic E-state index is -0.201. The van der Waals surface area contributed by atoms with Gasteiger partial charge in [0.2, 0.25) is 0 Å². The third-order valence-electron chi connectivity index (χ3n) is 3.60. The van der Waals surface area contributed by atoms with Crippen molar-refractivity contribution >= 4 is 0 Å². The van der Waals surface area contributed by atoms with E-state index < -0.39 is 0 Å². The van der Waals surface area contributed by atoms with Crippen molar-refractivity contribution in [1.82, 2.24) is 10.3 Å². The molecule has 0 saturated heterocycles. The van der Waals surface area contributed by atoms with Gasteiger partial charge in [0, 0.05) is 17.8 Å². The molecule has 0 aliphatic rings. The topological polar surface area (TPSA) is 34.2 Å². The Balaban J connectivity index is 2.33. The molecule has 1 aromatic heterocycles. The fourth-order valence-corrected chi connectivity index (χ4v) is 2.47. The van der Waals surface area contributed by atoms with Gasteiger partial charge in [-0.05, 0) is 49.2 Å². The van der Waals surface area contributed by atoms with E-state index in [-0.39, 0.29) is 11.9 Å². The Kier molecular flexibility index (Phi) is 5.28. The van der Waals surface area contributed by atoms with Gasteiger partial charge >= 0.3 is 0 Å². The van der Waals surface area contributed by atoms with Crippen LogP contribution in [0.1, 0.15) is 29.7 Å². The van der Waals surface area contributed by atoms with E-state index in [1.54, 1.807) is 25.6 Å². The number of ether oxygens (including phenoxy) is 1. The van der Waals surface area contributed by atoms with E-state index in [0.29, 0.717) is 6.42 Å². The molecule has 2 rings (SSSR count). The van der Waals surface area contributed by atoms with Gasteiger partial charge in [0.15, 0.2) is 0 Å². The number of likely N-dealkylation sites (N-methyl/N-ethyl adjacent to an activating group) is 1. The first-order valence-corrected chi connectivity index (χ1v) is 7.12. The van der Waals surface area contributed by atoms with Gasteiger partial charge < -0.3 is 10.1 Å². The second-order valence-corrected chi connectivity index (χ2v) is 5.00. The van der Waals surface area contributed by atoms with Gasteiger partial charge in [-0.15, -0.1) is 0 Å². The first-order valence-electron chi connectivity index (χ1n) is 7.12. The van der Waals surface area contributed by atoms with E-state index in [9.17, 15) is 4.39 Å². The van der Waals surface area contributed by atoms with E-state index in [1.165, 1.54) is 6.07 Å². The van der Waals surface area contributed by atoms with Crippen molar-refractivity contribution in [3.05, 3.63) is 59.2 Å². The number of hydrogen-bond acceptors (Lipinski definition) is 3. The van der Waals surface area contributed by atoms with Gasteiger partial charge in [0.25, 0.3) is 0 Å². The maximum atomic E-state index is 13.5. The van der Waals surface area contributed by atoms with Crippen molar-refractivity contribution in [2.75, 3.05) is 13.7 Å². The molecular weight excluding hydrogens is 267 g/mol. The maximum Gasteiger partial charge on any atom is 0.141 e. The summed E-state index contributed by atoms with van der Waals surface area (Å²) < 4.78 is 18.9. The predicted octanol–water partition coefficient (Wildman–Crippen LogP) is 3.43. The number of aromatic nitrogens is 1. The van der Waals surface area contributed by atoms with E-state index in [2.05, 4.69) is 17.2 Å². The Bertz CT molecular complexity index is 601. The number of nitrogens with zero attached hydrogens (tertiary/aromatic N) is 1. The van der Waals surface area contributed by atoms with Crippen LogP contribution in [0.15, 0.2) is 36.7 Å². The van der Waals surface area contributed by atoms with Crippen LogP contribution in [0.25, 0.3) is 0 Å². The van der Waals surface area contributed by atoms with Gasteiger partial charge in [-0.3, -0.25) is 4.98 Å². The van der Waals surface area contributed by atoms with Crippen molar-refractivity contribution in [3.8, 4) is 5.75 Å². The number of benzene rings is 1. The van der Waals surface area contributed by atoms with Crippen molar-refractivity contribution < 1.29 is 9.13 Å². The predicted molar refractivity (Wildman–Crippen MR) is 82.0 cm³/mol. The zero-order chi connectivity index (χ0) is 15.2.